The number of rotatable bonds is 2. The van der Waals surface area contributed by atoms with E-state index in [1.807, 2.05) is 29.2 Å². The first-order chi connectivity index (χ1) is 12.0. The van der Waals surface area contributed by atoms with Gasteiger partial charge in [-0.15, -0.1) is 0 Å². The maximum atomic E-state index is 12.6. The standard InChI is InChI=1S/C19H18BrClN2O2/c20-16-7-5-14(6-8-16)18(24)22-9-2-10-23(12-11-22)19(25)15-3-1-4-17(21)13-15/h1,3-8,13H,2,9-12H2. The zero-order valence-corrected chi connectivity index (χ0v) is 16.0. The van der Waals surface area contributed by atoms with Crippen molar-refractivity contribution in [1.29, 1.82) is 0 Å². The van der Waals surface area contributed by atoms with Crippen molar-refractivity contribution in [2.24, 2.45) is 0 Å². The van der Waals surface area contributed by atoms with Crippen molar-refractivity contribution in [1.82, 2.24) is 9.80 Å². The SMILES string of the molecule is O=C(c1ccc(Br)cc1)N1CCCN(C(=O)c2cccc(Cl)c2)CC1. The van der Waals surface area contributed by atoms with Gasteiger partial charge < -0.3 is 9.80 Å². The van der Waals surface area contributed by atoms with Gasteiger partial charge in [-0.25, -0.2) is 0 Å². The molecule has 0 aliphatic carbocycles. The second-order valence-corrected chi connectivity index (χ2v) is 7.31. The molecule has 0 aromatic heterocycles. The van der Waals surface area contributed by atoms with Gasteiger partial charge in [-0.05, 0) is 48.9 Å². The third-order valence-electron chi connectivity index (χ3n) is 4.23. The molecule has 3 rings (SSSR count). The second-order valence-electron chi connectivity index (χ2n) is 5.96. The molecule has 0 radical (unpaired) electrons. The third-order valence-corrected chi connectivity index (χ3v) is 5.00. The van der Waals surface area contributed by atoms with Crippen LogP contribution in [0, 0.1) is 0 Å². The molecule has 1 aliphatic heterocycles. The second kappa shape index (κ2) is 8.02. The Labute approximate surface area is 160 Å². The highest BCUT2D eigenvalue weighted by Gasteiger charge is 2.23. The van der Waals surface area contributed by atoms with Crippen LogP contribution in [0.3, 0.4) is 0 Å². The van der Waals surface area contributed by atoms with Crippen LogP contribution >= 0.6 is 27.5 Å². The summed E-state index contributed by atoms with van der Waals surface area (Å²) >= 11 is 9.35. The molecule has 2 amide bonds. The van der Waals surface area contributed by atoms with Gasteiger partial charge in [-0.2, -0.15) is 0 Å². The molecular weight excluding hydrogens is 404 g/mol. The number of nitrogens with zero attached hydrogens (tertiary/aromatic N) is 2. The summed E-state index contributed by atoms with van der Waals surface area (Å²) in [5, 5.41) is 0.549. The summed E-state index contributed by atoms with van der Waals surface area (Å²) in [6, 6.07) is 14.3. The molecule has 130 valence electrons. The van der Waals surface area contributed by atoms with Crippen LogP contribution in [0.25, 0.3) is 0 Å². The number of benzene rings is 2. The topological polar surface area (TPSA) is 40.6 Å². The molecule has 0 atom stereocenters. The van der Waals surface area contributed by atoms with Crippen molar-refractivity contribution in [3.05, 3.63) is 69.2 Å². The molecule has 1 saturated heterocycles. The molecule has 1 aliphatic rings. The Hall–Kier alpha value is -1.85. The lowest BCUT2D eigenvalue weighted by atomic mass is 10.2. The van der Waals surface area contributed by atoms with Gasteiger partial charge in [0.15, 0.2) is 0 Å². The Morgan fingerprint density at radius 1 is 0.840 bits per heavy atom. The minimum atomic E-state index is -0.0413. The van der Waals surface area contributed by atoms with Crippen LogP contribution < -0.4 is 0 Å². The molecule has 0 saturated carbocycles. The number of carbonyl (C=O) groups is 2. The van der Waals surface area contributed by atoms with Crippen LogP contribution in [-0.2, 0) is 0 Å². The molecule has 25 heavy (non-hydrogen) atoms. The number of halogens is 2. The number of carbonyl (C=O) groups excluding carboxylic acids is 2. The molecule has 0 unspecified atom stereocenters. The van der Waals surface area contributed by atoms with Gasteiger partial charge in [0, 0.05) is 46.8 Å². The zero-order valence-electron chi connectivity index (χ0n) is 13.6. The van der Waals surface area contributed by atoms with Crippen molar-refractivity contribution in [2.45, 2.75) is 6.42 Å². The first-order valence-corrected chi connectivity index (χ1v) is 9.31. The monoisotopic (exact) mass is 420 g/mol. The molecule has 2 aromatic rings. The van der Waals surface area contributed by atoms with Gasteiger partial charge in [0.25, 0.3) is 11.8 Å². The quantitative estimate of drug-likeness (QED) is 0.733. The fourth-order valence-electron chi connectivity index (χ4n) is 2.90. The predicted molar refractivity (Wildman–Crippen MR) is 102 cm³/mol. The molecule has 0 spiro atoms. The van der Waals surface area contributed by atoms with E-state index in [9.17, 15) is 9.59 Å². The minimum absolute atomic E-state index is 0.00422. The van der Waals surface area contributed by atoms with Gasteiger partial charge in [-0.3, -0.25) is 9.59 Å². The summed E-state index contributed by atoms with van der Waals surface area (Å²) in [4.78, 5) is 28.9. The average molecular weight is 422 g/mol. The van der Waals surface area contributed by atoms with E-state index in [1.54, 1.807) is 29.2 Å². The van der Waals surface area contributed by atoms with Crippen molar-refractivity contribution < 1.29 is 9.59 Å². The summed E-state index contributed by atoms with van der Waals surface area (Å²) in [7, 11) is 0. The maximum Gasteiger partial charge on any atom is 0.253 e. The Balaban J connectivity index is 1.67. The van der Waals surface area contributed by atoms with Crippen molar-refractivity contribution in [2.75, 3.05) is 26.2 Å². The summed E-state index contributed by atoms with van der Waals surface area (Å²) < 4.78 is 0.943. The summed E-state index contributed by atoms with van der Waals surface area (Å²) in [5.74, 6) is -0.0370. The molecule has 6 heteroatoms. The van der Waals surface area contributed by atoms with E-state index in [2.05, 4.69) is 15.9 Å². The smallest absolute Gasteiger partial charge is 0.253 e. The van der Waals surface area contributed by atoms with E-state index in [4.69, 9.17) is 11.6 Å². The van der Waals surface area contributed by atoms with E-state index in [0.717, 1.165) is 10.9 Å². The van der Waals surface area contributed by atoms with Crippen LogP contribution in [0.4, 0.5) is 0 Å². The number of hydrogen-bond acceptors (Lipinski definition) is 2. The van der Waals surface area contributed by atoms with Gasteiger partial charge in [-0.1, -0.05) is 33.6 Å². The van der Waals surface area contributed by atoms with Crippen LogP contribution in [-0.4, -0.2) is 47.8 Å². The number of amides is 2. The van der Waals surface area contributed by atoms with E-state index in [-0.39, 0.29) is 11.8 Å². The van der Waals surface area contributed by atoms with Gasteiger partial charge in [0.05, 0.1) is 0 Å². The highest BCUT2D eigenvalue weighted by atomic mass is 79.9. The van der Waals surface area contributed by atoms with Crippen LogP contribution in [0.1, 0.15) is 27.1 Å². The Morgan fingerprint density at radius 2 is 1.44 bits per heavy atom. The maximum absolute atomic E-state index is 12.6. The Bertz CT molecular complexity index is 779. The lowest BCUT2D eigenvalue weighted by Crippen LogP contribution is -2.37. The minimum Gasteiger partial charge on any atom is -0.337 e. The molecule has 2 aromatic carbocycles. The van der Waals surface area contributed by atoms with E-state index in [1.165, 1.54) is 0 Å². The molecule has 1 heterocycles. The average Bonchev–Trinajstić information content (AvgIpc) is 2.87. The van der Waals surface area contributed by atoms with Gasteiger partial charge >= 0.3 is 0 Å². The van der Waals surface area contributed by atoms with Crippen LogP contribution in [0.15, 0.2) is 53.0 Å². The predicted octanol–water partition coefficient (Wildman–Crippen LogP) is 4.09. The zero-order chi connectivity index (χ0) is 17.8. The largest absolute Gasteiger partial charge is 0.337 e. The molecule has 1 fully saturated rings. The van der Waals surface area contributed by atoms with Gasteiger partial charge in [0.2, 0.25) is 0 Å². The van der Waals surface area contributed by atoms with Crippen molar-refractivity contribution >= 4 is 39.3 Å². The first kappa shape index (κ1) is 18.0. The van der Waals surface area contributed by atoms with E-state index in [0.29, 0.717) is 42.3 Å². The molecule has 0 N–H and O–H groups in total. The molecular formula is C19H18BrClN2O2. The van der Waals surface area contributed by atoms with E-state index < -0.39 is 0 Å². The van der Waals surface area contributed by atoms with Crippen LogP contribution in [0.2, 0.25) is 5.02 Å². The molecule has 4 nitrogen and oxygen atoms in total. The van der Waals surface area contributed by atoms with Gasteiger partial charge in [0.1, 0.15) is 0 Å². The highest BCUT2D eigenvalue weighted by Crippen LogP contribution is 2.16. The lowest BCUT2D eigenvalue weighted by Gasteiger charge is -2.22. The summed E-state index contributed by atoms with van der Waals surface area (Å²) in [6.07, 6.45) is 0.759. The molecule has 0 bridgehead atoms. The normalized spacial score (nSPS) is 15.0. The third kappa shape index (κ3) is 4.41. The van der Waals surface area contributed by atoms with Crippen molar-refractivity contribution in [3.63, 3.8) is 0 Å². The Morgan fingerprint density at radius 3 is 2.04 bits per heavy atom. The van der Waals surface area contributed by atoms with E-state index >= 15 is 0 Å². The highest BCUT2D eigenvalue weighted by molar-refractivity contribution is 9.10. The summed E-state index contributed by atoms with van der Waals surface area (Å²) in [6.45, 7) is 2.33. The summed E-state index contributed by atoms with van der Waals surface area (Å²) in [5.41, 5.74) is 1.25. The lowest BCUT2D eigenvalue weighted by molar-refractivity contribution is 0.0719. The fourth-order valence-corrected chi connectivity index (χ4v) is 3.36. The first-order valence-electron chi connectivity index (χ1n) is 8.14. The number of hydrogen-bond donors (Lipinski definition) is 0. The van der Waals surface area contributed by atoms with Crippen molar-refractivity contribution in [3.8, 4) is 0 Å². The van der Waals surface area contributed by atoms with Crippen LogP contribution in [0.5, 0.6) is 0 Å². The Kier molecular flexibility index (Phi) is 5.76. The fraction of sp³-hybridized carbons (Fsp3) is 0.263.